The van der Waals surface area contributed by atoms with E-state index in [0.29, 0.717) is 17.1 Å². The van der Waals surface area contributed by atoms with Crippen molar-refractivity contribution < 1.29 is 4.79 Å². The van der Waals surface area contributed by atoms with Crippen LogP contribution in [0, 0.1) is 12.8 Å². The van der Waals surface area contributed by atoms with E-state index in [2.05, 4.69) is 10.1 Å². The standard InChI is InChI=1S/C22H21N5O2/c1-15-19(21(28)26(24-15)17-10-6-4-7-11-17)14-23-20-16(2)25(3)27(22(20)29)18-12-8-5-9-13-18/h4-14,19H,1-3H3/t19-/m1/s1. The van der Waals surface area contributed by atoms with Gasteiger partial charge < -0.3 is 0 Å². The van der Waals surface area contributed by atoms with Crippen molar-refractivity contribution >= 4 is 29.2 Å². The maximum atomic E-state index is 13.0. The van der Waals surface area contributed by atoms with Crippen LogP contribution in [-0.4, -0.2) is 27.2 Å². The monoisotopic (exact) mass is 387 g/mol. The topological polar surface area (TPSA) is 72.0 Å². The predicted molar refractivity (Wildman–Crippen MR) is 114 cm³/mol. The smallest absolute Gasteiger partial charge is 0.283 e. The molecule has 1 aliphatic heterocycles. The Morgan fingerprint density at radius 1 is 0.931 bits per heavy atom. The maximum Gasteiger partial charge on any atom is 0.297 e. The number of rotatable bonds is 4. The van der Waals surface area contributed by atoms with Crippen molar-refractivity contribution in [2.75, 3.05) is 5.01 Å². The van der Waals surface area contributed by atoms with Gasteiger partial charge >= 0.3 is 0 Å². The highest BCUT2D eigenvalue weighted by Crippen LogP contribution is 2.24. The Hall–Kier alpha value is -3.74. The van der Waals surface area contributed by atoms with Crippen molar-refractivity contribution in [3.05, 3.63) is 76.7 Å². The molecule has 7 nitrogen and oxygen atoms in total. The van der Waals surface area contributed by atoms with Gasteiger partial charge in [-0.05, 0) is 38.1 Å². The molecule has 146 valence electrons. The van der Waals surface area contributed by atoms with Crippen LogP contribution in [-0.2, 0) is 11.8 Å². The molecule has 4 rings (SSSR count). The first kappa shape index (κ1) is 18.6. The lowest BCUT2D eigenvalue weighted by Crippen LogP contribution is -2.28. The highest BCUT2D eigenvalue weighted by molar-refractivity contribution is 6.23. The van der Waals surface area contributed by atoms with E-state index in [1.807, 2.05) is 74.6 Å². The van der Waals surface area contributed by atoms with E-state index in [1.165, 1.54) is 11.2 Å². The number of amides is 1. The van der Waals surface area contributed by atoms with Crippen molar-refractivity contribution in [2.24, 2.45) is 23.1 Å². The maximum absolute atomic E-state index is 13.0. The molecule has 0 N–H and O–H groups in total. The number of anilines is 1. The van der Waals surface area contributed by atoms with Gasteiger partial charge in [-0.15, -0.1) is 0 Å². The van der Waals surface area contributed by atoms with E-state index >= 15 is 0 Å². The molecule has 0 spiro atoms. The number of para-hydroxylation sites is 2. The second-order valence-corrected chi connectivity index (χ2v) is 6.89. The van der Waals surface area contributed by atoms with Crippen LogP contribution in [0.3, 0.4) is 0 Å². The van der Waals surface area contributed by atoms with Gasteiger partial charge in [-0.25, -0.2) is 4.68 Å². The molecule has 0 bridgehead atoms. The molecule has 0 fully saturated rings. The van der Waals surface area contributed by atoms with Crippen LogP contribution in [0.25, 0.3) is 5.69 Å². The summed E-state index contributed by atoms with van der Waals surface area (Å²) in [6.45, 7) is 3.62. The fraction of sp³-hybridized carbons (Fsp3) is 0.182. The Morgan fingerprint density at radius 2 is 1.52 bits per heavy atom. The van der Waals surface area contributed by atoms with Crippen LogP contribution < -0.4 is 10.6 Å². The van der Waals surface area contributed by atoms with E-state index in [-0.39, 0.29) is 11.5 Å². The zero-order chi connectivity index (χ0) is 20.5. The van der Waals surface area contributed by atoms with Gasteiger partial charge in [0.2, 0.25) is 0 Å². The number of hydrogen-bond donors (Lipinski definition) is 0. The summed E-state index contributed by atoms with van der Waals surface area (Å²) in [4.78, 5) is 30.2. The Bertz CT molecular complexity index is 1170. The number of nitrogens with zero attached hydrogens (tertiary/aromatic N) is 5. The number of carbonyl (C=O) groups excluding carboxylic acids is 1. The summed E-state index contributed by atoms with van der Waals surface area (Å²) in [6.07, 6.45) is 1.52. The summed E-state index contributed by atoms with van der Waals surface area (Å²) >= 11 is 0. The lowest BCUT2D eigenvalue weighted by atomic mass is 10.1. The molecule has 1 aliphatic rings. The minimum atomic E-state index is -0.598. The normalized spacial score (nSPS) is 16.7. The zero-order valence-electron chi connectivity index (χ0n) is 16.5. The summed E-state index contributed by atoms with van der Waals surface area (Å²) in [7, 11) is 1.81. The number of hydrogen-bond acceptors (Lipinski definition) is 4. The molecule has 1 atom stereocenters. The molecule has 1 aromatic heterocycles. The van der Waals surface area contributed by atoms with Gasteiger partial charge in [0.1, 0.15) is 5.92 Å². The van der Waals surface area contributed by atoms with Gasteiger partial charge in [-0.1, -0.05) is 36.4 Å². The third-order valence-electron chi connectivity index (χ3n) is 5.06. The summed E-state index contributed by atoms with van der Waals surface area (Å²) in [6, 6.07) is 18.6. The molecule has 1 amide bonds. The number of aliphatic imine (C=N–C) groups is 1. The van der Waals surface area contributed by atoms with E-state index in [9.17, 15) is 9.59 Å². The third-order valence-corrected chi connectivity index (χ3v) is 5.06. The highest BCUT2D eigenvalue weighted by Gasteiger charge is 2.33. The van der Waals surface area contributed by atoms with Crippen molar-refractivity contribution in [3.8, 4) is 5.69 Å². The largest absolute Gasteiger partial charge is 0.297 e. The second kappa shape index (κ2) is 7.35. The average Bonchev–Trinajstić information content (AvgIpc) is 3.14. The van der Waals surface area contributed by atoms with Crippen LogP contribution in [0.1, 0.15) is 12.6 Å². The molecule has 0 unspecified atom stereocenters. The molecule has 2 aromatic carbocycles. The summed E-state index contributed by atoms with van der Waals surface area (Å²) < 4.78 is 3.33. The molecule has 0 radical (unpaired) electrons. The van der Waals surface area contributed by atoms with Crippen molar-refractivity contribution in [2.45, 2.75) is 13.8 Å². The Balaban J connectivity index is 1.66. The van der Waals surface area contributed by atoms with Gasteiger partial charge in [0.25, 0.3) is 11.5 Å². The van der Waals surface area contributed by atoms with Crippen LogP contribution in [0.4, 0.5) is 11.4 Å². The van der Waals surface area contributed by atoms with Gasteiger partial charge in [-0.2, -0.15) is 10.1 Å². The molecule has 0 aliphatic carbocycles. The Kier molecular flexibility index (Phi) is 4.72. The predicted octanol–water partition coefficient (Wildman–Crippen LogP) is 3.23. The number of carbonyl (C=O) groups is 1. The van der Waals surface area contributed by atoms with E-state index in [0.717, 1.165) is 11.4 Å². The number of hydrazone groups is 1. The van der Waals surface area contributed by atoms with Crippen molar-refractivity contribution in [1.82, 2.24) is 9.36 Å². The fourth-order valence-corrected chi connectivity index (χ4v) is 3.36. The minimum Gasteiger partial charge on any atom is -0.283 e. The van der Waals surface area contributed by atoms with E-state index < -0.39 is 5.92 Å². The quantitative estimate of drug-likeness (QED) is 0.645. The van der Waals surface area contributed by atoms with Crippen molar-refractivity contribution in [3.63, 3.8) is 0 Å². The molecule has 0 saturated heterocycles. The first-order valence-corrected chi connectivity index (χ1v) is 9.31. The number of benzene rings is 2. The van der Waals surface area contributed by atoms with Crippen LogP contribution in [0.2, 0.25) is 0 Å². The molecular formula is C22H21N5O2. The molecule has 29 heavy (non-hydrogen) atoms. The zero-order valence-corrected chi connectivity index (χ0v) is 16.5. The Labute approximate surface area is 168 Å². The first-order valence-electron chi connectivity index (χ1n) is 9.31. The minimum absolute atomic E-state index is 0.186. The van der Waals surface area contributed by atoms with Gasteiger partial charge in [0.05, 0.1) is 22.8 Å². The summed E-state index contributed by atoms with van der Waals surface area (Å²) in [5, 5.41) is 5.75. The van der Waals surface area contributed by atoms with Gasteiger partial charge in [0.15, 0.2) is 5.69 Å². The lowest BCUT2D eigenvalue weighted by molar-refractivity contribution is -0.118. The van der Waals surface area contributed by atoms with Crippen LogP contribution in [0.5, 0.6) is 0 Å². The third kappa shape index (κ3) is 3.20. The van der Waals surface area contributed by atoms with E-state index in [4.69, 9.17) is 0 Å². The molecule has 3 aromatic rings. The Morgan fingerprint density at radius 3 is 2.14 bits per heavy atom. The number of aromatic nitrogens is 2. The fourth-order valence-electron chi connectivity index (χ4n) is 3.36. The summed E-state index contributed by atoms with van der Waals surface area (Å²) in [5.41, 5.74) is 2.90. The lowest BCUT2D eigenvalue weighted by Gasteiger charge is -2.12. The van der Waals surface area contributed by atoms with Crippen LogP contribution in [0.15, 0.2) is 75.6 Å². The van der Waals surface area contributed by atoms with Crippen LogP contribution >= 0.6 is 0 Å². The SMILES string of the molecule is CC1=NN(c2ccccc2)C(=O)[C@@H]1C=Nc1c(C)n(C)n(-c2ccccc2)c1=O. The highest BCUT2D eigenvalue weighted by atomic mass is 16.2. The first-order chi connectivity index (χ1) is 14.0. The second-order valence-electron chi connectivity index (χ2n) is 6.89. The molecule has 2 heterocycles. The van der Waals surface area contributed by atoms with E-state index in [1.54, 1.807) is 16.3 Å². The summed E-state index contributed by atoms with van der Waals surface area (Å²) in [5.74, 6) is -0.784. The van der Waals surface area contributed by atoms with Crippen molar-refractivity contribution in [1.29, 1.82) is 0 Å². The average molecular weight is 387 g/mol. The van der Waals surface area contributed by atoms with Gasteiger partial charge in [0, 0.05) is 13.3 Å². The molecule has 7 heteroatoms. The molecule has 0 saturated carbocycles. The molecular weight excluding hydrogens is 366 g/mol. The van der Waals surface area contributed by atoms with Gasteiger partial charge in [-0.3, -0.25) is 19.3 Å².